The first kappa shape index (κ1) is 12.9. The molecule has 2 aromatic carbocycles. The molecule has 0 spiro atoms. The van der Waals surface area contributed by atoms with E-state index in [0.717, 1.165) is 28.4 Å². The van der Waals surface area contributed by atoms with Crippen molar-refractivity contribution < 1.29 is 9.47 Å². The number of hydrogen-bond acceptors (Lipinski definition) is 4. The lowest BCUT2D eigenvalue weighted by atomic mass is 10.1. The summed E-state index contributed by atoms with van der Waals surface area (Å²) in [6, 6.07) is 14.2. The molecular weight excluding hydrogens is 270 g/mol. The van der Waals surface area contributed by atoms with Crippen molar-refractivity contribution in [2.45, 2.75) is 6.42 Å². The van der Waals surface area contributed by atoms with Crippen molar-refractivity contribution in [3.63, 3.8) is 0 Å². The van der Waals surface area contributed by atoms with Crippen molar-refractivity contribution in [3.8, 4) is 11.5 Å². The second-order valence-corrected chi connectivity index (χ2v) is 5.56. The van der Waals surface area contributed by atoms with Gasteiger partial charge in [0.25, 0.3) is 0 Å². The molecule has 1 heterocycles. The van der Waals surface area contributed by atoms with Gasteiger partial charge in [0, 0.05) is 6.42 Å². The van der Waals surface area contributed by atoms with Crippen LogP contribution in [0.3, 0.4) is 0 Å². The molecule has 0 radical (unpaired) electrons. The van der Waals surface area contributed by atoms with Gasteiger partial charge in [-0.25, -0.2) is 4.98 Å². The molecule has 0 N–H and O–H groups in total. The first-order valence-electron chi connectivity index (χ1n) is 6.35. The molecule has 0 unspecified atom stereocenters. The van der Waals surface area contributed by atoms with E-state index in [0.29, 0.717) is 0 Å². The molecule has 3 rings (SSSR count). The van der Waals surface area contributed by atoms with E-state index >= 15 is 0 Å². The largest absolute Gasteiger partial charge is 0.493 e. The minimum absolute atomic E-state index is 0.751. The quantitative estimate of drug-likeness (QED) is 0.728. The molecule has 0 saturated heterocycles. The van der Waals surface area contributed by atoms with Crippen LogP contribution in [0.25, 0.3) is 10.2 Å². The summed E-state index contributed by atoms with van der Waals surface area (Å²) in [5.41, 5.74) is 2.23. The lowest BCUT2D eigenvalue weighted by Gasteiger charge is -2.08. The number of methoxy groups -OCH3 is 2. The number of para-hydroxylation sites is 1. The van der Waals surface area contributed by atoms with E-state index in [1.807, 2.05) is 36.4 Å². The minimum atomic E-state index is 0.751. The summed E-state index contributed by atoms with van der Waals surface area (Å²) in [6.45, 7) is 0. The highest BCUT2D eigenvalue weighted by molar-refractivity contribution is 7.18. The maximum atomic E-state index is 5.33. The van der Waals surface area contributed by atoms with Crippen LogP contribution < -0.4 is 9.47 Å². The van der Waals surface area contributed by atoms with E-state index in [9.17, 15) is 0 Å². The lowest BCUT2D eigenvalue weighted by molar-refractivity contribution is 0.354. The van der Waals surface area contributed by atoms with Crippen LogP contribution in [0.5, 0.6) is 11.5 Å². The minimum Gasteiger partial charge on any atom is -0.493 e. The number of thiazole rings is 1. The van der Waals surface area contributed by atoms with Gasteiger partial charge in [-0.1, -0.05) is 18.2 Å². The van der Waals surface area contributed by atoms with Gasteiger partial charge in [0.2, 0.25) is 0 Å². The molecule has 0 aliphatic carbocycles. The third-order valence-electron chi connectivity index (χ3n) is 3.14. The van der Waals surface area contributed by atoms with Crippen molar-refractivity contribution in [3.05, 3.63) is 53.0 Å². The summed E-state index contributed by atoms with van der Waals surface area (Å²) in [4.78, 5) is 4.65. The van der Waals surface area contributed by atoms with Gasteiger partial charge in [-0.3, -0.25) is 0 Å². The molecule has 0 aliphatic rings. The molecule has 1 aromatic heterocycles. The number of ether oxygens (including phenoxy) is 2. The van der Waals surface area contributed by atoms with Gasteiger partial charge < -0.3 is 9.47 Å². The van der Waals surface area contributed by atoms with Gasteiger partial charge in [-0.2, -0.15) is 0 Å². The molecule has 0 saturated carbocycles. The van der Waals surface area contributed by atoms with E-state index in [4.69, 9.17) is 9.47 Å². The zero-order valence-corrected chi connectivity index (χ0v) is 12.2. The fraction of sp³-hybridized carbons (Fsp3) is 0.188. The fourth-order valence-corrected chi connectivity index (χ4v) is 3.16. The third-order valence-corrected chi connectivity index (χ3v) is 4.18. The Labute approximate surface area is 121 Å². The van der Waals surface area contributed by atoms with E-state index < -0.39 is 0 Å². The summed E-state index contributed by atoms with van der Waals surface area (Å²) in [5.74, 6) is 1.51. The number of hydrogen-bond donors (Lipinski definition) is 0. The Morgan fingerprint density at radius 1 is 1.00 bits per heavy atom. The Kier molecular flexibility index (Phi) is 3.56. The van der Waals surface area contributed by atoms with E-state index in [1.54, 1.807) is 25.6 Å². The molecule has 0 bridgehead atoms. The summed E-state index contributed by atoms with van der Waals surface area (Å²) >= 11 is 1.73. The Hall–Kier alpha value is -2.07. The molecule has 3 nitrogen and oxygen atoms in total. The molecule has 0 amide bonds. The molecular formula is C16H15NO2S. The normalized spacial score (nSPS) is 10.7. The van der Waals surface area contributed by atoms with Gasteiger partial charge in [-0.05, 0) is 29.8 Å². The van der Waals surface area contributed by atoms with Crippen LogP contribution in [0.15, 0.2) is 42.5 Å². The lowest BCUT2D eigenvalue weighted by Crippen LogP contribution is -1.93. The van der Waals surface area contributed by atoms with Crippen LogP contribution in [0, 0.1) is 0 Å². The first-order valence-corrected chi connectivity index (χ1v) is 7.17. The Morgan fingerprint density at radius 3 is 2.55 bits per heavy atom. The molecule has 3 aromatic rings. The van der Waals surface area contributed by atoms with Crippen LogP contribution in [-0.4, -0.2) is 19.2 Å². The Balaban J connectivity index is 1.90. The highest BCUT2D eigenvalue weighted by Gasteiger charge is 2.08. The highest BCUT2D eigenvalue weighted by atomic mass is 32.1. The van der Waals surface area contributed by atoms with Crippen molar-refractivity contribution in [2.24, 2.45) is 0 Å². The van der Waals surface area contributed by atoms with Gasteiger partial charge in [0.05, 0.1) is 29.4 Å². The van der Waals surface area contributed by atoms with E-state index in [1.165, 1.54) is 10.3 Å². The van der Waals surface area contributed by atoms with Crippen LogP contribution in [0.2, 0.25) is 0 Å². The van der Waals surface area contributed by atoms with E-state index in [2.05, 4.69) is 11.1 Å². The first-order chi connectivity index (χ1) is 9.80. The standard InChI is InChI=1S/C16H15NO2S/c1-18-13-8-7-11(9-14(13)19-2)10-16-17-12-5-3-4-6-15(12)20-16/h3-9H,10H2,1-2H3. The van der Waals surface area contributed by atoms with E-state index in [-0.39, 0.29) is 0 Å². The number of aromatic nitrogens is 1. The SMILES string of the molecule is COc1ccc(Cc2nc3ccccc3s2)cc1OC. The topological polar surface area (TPSA) is 31.4 Å². The second kappa shape index (κ2) is 5.51. The van der Waals surface area contributed by atoms with Crippen molar-refractivity contribution in [1.82, 2.24) is 4.98 Å². The summed E-state index contributed by atoms with van der Waals surface area (Å²) in [5, 5.41) is 1.11. The van der Waals surface area contributed by atoms with Gasteiger partial charge >= 0.3 is 0 Å². The molecule has 20 heavy (non-hydrogen) atoms. The average Bonchev–Trinajstić information content (AvgIpc) is 2.89. The van der Waals surface area contributed by atoms with Crippen molar-refractivity contribution >= 4 is 21.6 Å². The maximum absolute atomic E-state index is 5.33. The summed E-state index contributed by atoms with van der Waals surface area (Å²) in [7, 11) is 3.30. The van der Waals surface area contributed by atoms with Gasteiger partial charge in [0.15, 0.2) is 11.5 Å². The zero-order valence-electron chi connectivity index (χ0n) is 11.4. The maximum Gasteiger partial charge on any atom is 0.160 e. The van der Waals surface area contributed by atoms with Crippen LogP contribution >= 0.6 is 11.3 Å². The Morgan fingerprint density at radius 2 is 1.80 bits per heavy atom. The molecule has 0 aliphatic heterocycles. The Bertz CT molecular complexity index is 703. The highest BCUT2D eigenvalue weighted by Crippen LogP contribution is 2.30. The predicted molar refractivity (Wildman–Crippen MR) is 82.0 cm³/mol. The molecule has 0 fully saturated rings. The van der Waals surface area contributed by atoms with Crippen molar-refractivity contribution in [1.29, 1.82) is 0 Å². The average molecular weight is 285 g/mol. The van der Waals surface area contributed by atoms with Crippen LogP contribution in [0.4, 0.5) is 0 Å². The summed E-state index contributed by atoms with van der Waals surface area (Å²) in [6.07, 6.45) is 0.805. The number of nitrogens with zero attached hydrogens (tertiary/aromatic N) is 1. The fourth-order valence-electron chi connectivity index (χ4n) is 2.16. The zero-order chi connectivity index (χ0) is 13.9. The molecule has 102 valence electrons. The smallest absolute Gasteiger partial charge is 0.160 e. The van der Waals surface area contributed by atoms with Crippen molar-refractivity contribution in [2.75, 3.05) is 14.2 Å². The number of benzene rings is 2. The third kappa shape index (κ3) is 2.47. The monoisotopic (exact) mass is 285 g/mol. The summed E-state index contributed by atoms with van der Waals surface area (Å²) < 4.78 is 11.8. The predicted octanol–water partition coefficient (Wildman–Crippen LogP) is 3.90. The number of rotatable bonds is 4. The second-order valence-electron chi connectivity index (χ2n) is 4.44. The van der Waals surface area contributed by atoms with Gasteiger partial charge in [0.1, 0.15) is 0 Å². The van der Waals surface area contributed by atoms with Crippen LogP contribution in [-0.2, 0) is 6.42 Å². The molecule has 0 atom stereocenters. The van der Waals surface area contributed by atoms with Crippen LogP contribution in [0.1, 0.15) is 10.6 Å². The number of fused-ring (bicyclic) bond motifs is 1. The molecule has 4 heteroatoms. The van der Waals surface area contributed by atoms with Gasteiger partial charge in [-0.15, -0.1) is 11.3 Å².